The van der Waals surface area contributed by atoms with Crippen molar-refractivity contribution in [2.24, 2.45) is 7.05 Å². The van der Waals surface area contributed by atoms with E-state index in [9.17, 15) is 0 Å². The Bertz CT molecular complexity index is 515. The number of hydrogen-bond acceptors (Lipinski definition) is 4. The predicted molar refractivity (Wildman–Crippen MR) is 63.3 cm³/mol. The maximum atomic E-state index is 4.45. The molecule has 0 unspecified atom stereocenters. The van der Waals surface area contributed by atoms with Crippen LogP contribution in [0.1, 0.15) is 11.4 Å². The van der Waals surface area contributed by atoms with E-state index in [2.05, 4.69) is 20.3 Å². The zero-order chi connectivity index (χ0) is 11.7. The number of imidazole rings is 1. The molecule has 0 radical (unpaired) electrons. The smallest absolute Gasteiger partial charge is 0.158 e. The van der Waals surface area contributed by atoms with Gasteiger partial charge in [0.05, 0.1) is 0 Å². The first-order valence-electron chi connectivity index (χ1n) is 5.14. The van der Waals surface area contributed by atoms with E-state index in [0.717, 1.165) is 28.7 Å². The van der Waals surface area contributed by atoms with Crippen LogP contribution in [0.4, 0.5) is 5.82 Å². The van der Waals surface area contributed by atoms with E-state index in [1.165, 1.54) is 0 Å². The van der Waals surface area contributed by atoms with Crippen LogP contribution < -0.4 is 5.32 Å². The molecule has 5 heteroatoms. The van der Waals surface area contributed by atoms with Gasteiger partial charge in [0.1, 0.15) is 17.3 Å². The van der Waals surface area contributed by atoms with Gasteiger partial charge in [0, 0.05) is 32.1 Å². The minimum absolute atomic E-state index is 0.743. The molecule has 0 saturated heterocycles. The van der Waals surface area contributed by atoms with Crippen molar-refractivity contribution < 1.29 is 0 Å². The van der Waals surface area contributed by atoms with Gasteiger partial charge in [-0.05, 0) is 13.8 Å². The maximum Gasteiger partial charge on any atom is 0.158 e. The highest BCUT2D eigenvalue weighted by molar-refractivity contribution is 5.62. The Balaban J connectivity index is 2.65. The highest BCUT2D eigenvalue weighted by Crippen LogP contribution is 2.23. The van der Waals surface area contributed by atoms with E-state index < -0.39 is 0 Å². The van der Waals surface area contributed by atoms with Gasteiger partial charge in [0.15, 0.2) is 5.82 Å². The van der Waals surface area contributed by atoms with Gasteiger partial charge in [0.25, 0.3) is 0 Å². The number of nitrogens with one attached hydrogen (secondary N) is 1. The van der Waals surface area contributed by atoms with Gasteiger partial charge in [-0.15, -0.1) is 0 Å². The largest absolute Gasteiger partial charge is 0.373 e. The van der Waals surface area contributed by atoms with Crippen LogP contribution in [0, 0.1) is 13.8 Å². The van der Waals surface area contributed by atoms with Crippen molar-refractivity contribution in [3.05, 3.63) is 23.8 Å². The quantitative estimate of drug-likeness (QED) is 0.829. The summed E-state index contributed by atoms with van der Waals surface area (Å²) in [5.74, 6) is 2.46. The van der Waals surface area contributed by atoms with Crippen LogP contribution in [-0.4, -0.2) is 26.6 Å². The van der Waals surface area contributed by atoms with Gasteiger partial charge in [-0.1, -0.05) is 0 Å². The third-order valence-electron chi connectivity index (χ3n) is 2.53. The van der Waals surface area contributed by atoms with Crippen molar-refractivity contribution in [3.8, 4) is 11.5 Å². The molecule has 2 aromatic rings. The van der Waals surface area contributed by atoms with Crippen molar-refractivity contribution >= 4 is 5.82 Å². The number of aromatic nitrogens is 4. The lowest BCUT2D eigenvalue weighted by molar-refractivity contribution is 0.906. The van der Waals surface area contributed by atoms with E-state index in [-0.39, 0.29) is 0 Å². The Morgan fingerprint density at radius 1 is 1.25 bits per heavy atom. The Morgan fingerprint density at radius 2 is 2.00 bits per heavy atom. The third-order valence-corrected chi connectivity index (χ3v) is 2.53. The summed E-state index contributed by atoms with van der Waals surface area (Å²) in [6.07, 6.45) is 3.68. The van der Waals surface area contributed by atoms with Crippen molar-refractivity contribution in [2.75, 3.05) is 12.4 Å². The topological polar surface area (TPSA) is 55.6 Å². The van der Waals surface area contributed by atoms with Gasteiger partial charge in [-0.3, -0.25) is 0 Å². The summed E-state index contributed by atoms with van der Waals surface area (Å²) in [4.78, 5) is 13.1. The van der Waals surface area contributed by atoms with Gasteiger partial charge < -0.3 is 9.88 Å². The first-order valence-corrected chi connectivity index (χ1v) is 5.14. The molecular weight excluding hydrogens is 202 g/mol. The second-order valence-electron chi connectivity index (χ2n) is 3.70. The lowest BCUT2D eigenvalue weighted by Crippen LogP contribution is -2.05. The fraction of sp³-hybridized carbons (Fsp3) is 0.364. The first-order chi connectivity index (χ1) is 7.63. The van der Waals surface area contributed by atoms with Crippen molar-refractivity contribution in [1.82, 2.24) is 19.5 Å². The molecule has 0 aromatic carbocycles. The van der Waals surface area contributed by atoms with Crippen LogP contribution in [0.25, 0.3) is 11.5 Å². The van der Waals surface area contributed by atoms with Crippen LogP contribution in [0.2, 0.25) is 0 Å². The maximum absolute atomic E-state index is 4.45. The highest BCUT2D eigenvalue weighted by atomic mass is 15.1. The molecule has 84 valence electrons. The Labute approximate surface area is 94.6 Å². The summed E-state index contributed by atoms with van der Waals surface area (Å²) in [5, 5.41) is 3.07. The molecule has 16 heavy (non-hydrogen) atoms. The van der Waals surface area contributed by atoms with Gasteiger partial charge >= 0.3 is 0 Å². The number of aryl methyl sites for hydroxylation is 2. The summed E-state index contributed by atoms with van der Waals surface area (Å²) >= 11 is 0. The van der Waals surface area contributed by atoms with E-state index in [0.29, 0.717) is 0 Å². The van der Waals surface area contributed by atoms with Crippen LogP contribution in [0.5, 0.6) is 0 Å². The molecule has 2 aromatic heterocycles. The Kier molecular flexibility index (Phi) is 2.60. The number of nitrogens with zero attached hydrogens (tertiary/aromatic N) is 4. The van der Waals surface area contributed by atoms with Crippen LogP contribution in [-0.2, 0) is 7.05 Å². The minimum Gasteiger partial charge on any atom is -0.373 e. The van der Waals surface area contributed by atoms with Crippen LogP contribution in [0.3, 0.4) is 0 Å². The SMILES string of the molecule is CNc1nc(C)nc(-c2nccn2C)c1C. The molecule has 0 bridgehead atoms. The molecule has 2 heterocycles. The molecule has 5 nitrogen and oxygen atoms in total. The van der Waals surface area contributed by atoms with Crippen molar-refractivity contribution in [2.45, 2.75) is 13.8 Å². The molecule has 0 aliphatic rings. The number of rotatable bonds is 2. The van der Waals surface area contributed by atoms with Gasteiger partial charge in [-0.2, -0.15) is 0 Å². The van der Waals surface area contributed by atoms with E-state index >= 15 is 0 Å². The zero-order valence-electron chi connectivity index (χ0n) is 9.94. The average Bonchev–Trinajstić information content (AvgIpc) is 2.67. The summed E-state index contributed by atoms with van der Waals surface area (Å²) in [5.41, 5.74) is 1.90. The van der Waals surface area contributed by atoms with Crippen molar-refractivity contribution in [1.29, 1.82) is 0 Å². The van der Waals surface area contributed by atoms with Crippen molar-refractivity contribution in [3.63, 3.8) is 0 Å². The molecule has 0 aliphatic heterocycles. The average molecular weight is 217 g/mol. The number of hydrogen-bond donors (Lipinski definition) is 1. The highest BCUT2D eigenvalue weighted by Gasteiger charge is 2.13. The lowest BCUT2D eigenvalue weighted by atomic mass is 10.2. The molecule has 0 aliphatic carbocycles. The summed E-state index contributed by atoms with van der Waals surface area (Å²) < 4.78 is 1.95. The second kappa shape index (κ2) is 3.92. The molecular formula is C11H15N5. The van der Waals surface area contributed by atoms with E-state index in [4.69, 9.17) is 0 Å². The molecule has 0 spiro atoms. The standard InChI is InChI=1S/C11H15N5/c1-7-9(11-13-5-6-16(11)4)14-8(2)15-10(7)12-3/h5-6H,1-4H3,(H,12,14,15). The van der Waals surface area contributed by atoms with Gasteiger partial charge in [0.2, 0.25) is 0 Å². The number of anilines is 1. The zero-order valence-corrected chi connectivity index (χ0v) is 9.94. The summed E-state index contributed by atoms with van der Waals surface area (Å²) in [6.45, 7) is 3.88. The lowest BCUT2D eigenvalue weighted by Gasteiger charge is -2.10. The van der Waals surface area contributed by atoms with Gasteiger partial charge in [-0.25, -0.2) is 15.0 Å². The molecule has 0 amide bonds. The molecule has 1 N–H and O–H groups in total. The minimum atomic E-state index is 0.743. The Hall–Kier alpha value is -1.91. The summed E-state index contributed by atoms with van der Waals surface area (Å²) in [7, 11) is 3.81. The summed E-state index contributed by atoms with van der Waals surface area (Å²) in [6, 6.07) is 0. The van der Waals surface area contributed by atoms with E-state index in [1.54, 1.807) is 6.20 Å². The fourth-order valence-corrected chi connectivity index (χ4v) is 1.68. The fourth-order valence-electron chi connectivity index (χ4n) is 1.68. The normalized spacial score (nSPS) is 10.5. The predicted octanol–water partition coefficient (Wildman–Crippen LogP) is 1.54. The Morgan fingerprint density at radius 3 is 2.56 bits per heavy atom. The van der Waals surface area contributed by atoms with E-state index in [1.807, 2.05) is 38.7 Å². The molecule has 0 fully saturated rings. The molecule has 0 atom stereocenters. The monoisotopic (exact) mass is 217 g/mol. The third kappa shape index (κ3) is 1.64. The molecule has 2 rings (SSSR count). The first kappa shape index (κ1) is 10.6. The van der Waals surface area contributed by atoms with Crippen LogP contribution in [0.15, 0.2) is 12.4 Å². The second-order valence-corrected chi connectivity index (χ2v) is 3.70. The van der Waals surface area contributed by atoms with Crippen LogP contribution >= 0.6 is 0 Å². The molecule has 0 saturated carbocycles.